The number of benzene rings is 2. The lowest BCUT2D eigenvalue weighted by Gasteiger charge is -2.30. The highest BCUT2D eigenvalue weighted by Crippen LogP contribution is 2.24. The zero-order valence-electron chi connectivity index (χ0n) is 16.1. The molecule has 27 heavy (non-hydrogen) atoms. The summed E-state index contributed by atoms with van der Waals surface area (Å²) >= 11 is 0. The Morgan fingerprint density at radius 3 is 2.15 bits per heavy atom. The largest absolute Gasteiger partial charge is 0.494 e. The smallest absolute Gasteiger partial charge is 0.248 e. The molecule has 0 heterocycles. The molecule has 0 saturated heterocycles. The summed E-state index contributed by atoms with van der Waals surface area (Å²) in [6.07, 6.45) is 1.45. The number of anilines is 2. The van der Waals surface area contributed by atoms with Crippen LogP contribution in [0.2, 0.25) is 0 Å². The molecule has 0 bridgehead atoms. The highest BCUT2D eigenvalue weighted by molar-refractivity contribution is 7.92. The second-order valence-corrected chi connectivity index (χ2v) is 8.12. The standard InChI is InChI=1S/C20H26N2O4S/c1-5-19(20(23)21-16-9-13-18(14-10-16)26-6-2)22(27(4,24)25)17-11-7-15(3)8-12-17/h7-14,19H,5-6H2,1-4H3,(H,21,23). The van der Waals surface area contributed by atoms with Crippen molar-refractivity contribution in [1.82, 2.24) is 0 Å². The highest BCUT2D eigenvalue weighted by Gasteiger charge is 2.31. The molecule has 0 spiro atoms. The Morgan fingerprint density at radius 1 is 1.07 bits per heavy atom. The minimum Gasteiger partial charge on any atom is -0.494 e. The van der Waals surface area contributed by atoms with E-state index in [2.05, 4.69) is 5.32 Å². The van der Waals surface area contributed by atoms with Gasteiger partial charge in [-0.25, -0.2) is 8.42 Å². The summed E-state index contributed by atoms with van der Waals surface area (Å²) in [5.74, 6) is 0.326. The van der Waals surface area contributed by atoms with Gasteiger partial charge in [-0.05, 0) is 56.7 Å². The number of nitrogens with one attached hydrogen (secondary N) is 1. The monoisotopic (exact) mass is 390 g/mol. The fourth-order valence-corrected chi connectivity index (χ4v) is 3.99. The van der Waals surface area contributed by atoms with Crippen LogP contribution in [-0.2, 0) is 14.8 Å². The van der Waals surface area contributed by atoms with Crippen LogP contribution >= 0.6 is 0 Å². The summed E-state index contributed by atoms with van der Waals surface area (Å²) in [7, 11) is -3.64. The molecule has 1 N–H and O–H groups in total. The van der Waals surface area contributed by atoms with E-state index in [1.165, 1.54) is 4.31 Å². The first kappa shape index (κ1) is 20.8. The van der Waals surface area contributed by atoms with Gasteiger partial charge < -0.3 is 10.1 Å². The number of hydrogen-bond acceptors (Lipinski definition) is 4. The van der Waals surface area contributed by atoms with E-state index in [0.29, 0.717) is 30.2 Å². The molecule has 0 saturated carbocycles. The van der Waals surface area contributed by atoms with Gasteiger partial charge in [0.25, 0.3) is 0 Å². The van der Waals surface area contributed by atoms with Gasteiger partial charge in [0, 0.05) is 5.69 Å². The molecule has 0 aliphatic carbocycles. The molecule has 2 rings (SSSR count). The second-order valence-electron chi connectivity index (χ2n) is 6.27. The third-order valence-corrected chi connectivity index (χ3v) is 5.23. The molecule has 0 aliphatic heterocycles. The molecule has 1 amide bonds. The first-order valence-corrected chi connectivity index (χ1v) is 10.7. The summed E-state index contributed by atoms with van der Waals surface area (Å²) in [5, 5.41) is 2.80. The maximum absolute atomic E-state index is 12.8. The zero-order valence-corrected chi connectivity index (χ0v) is 16.9. The maximum Gasteiger partial charge on any atom is 0.248 e. The van der Waals surface area contributed by atoms with E-state index in [4.69, 9.17) is 4.74 Å². The SMILES string of the molecule is CCOc1ccc(NC(=O)C(CC)N(c2ccc(C)cc2)S(C)(=O)=O)cc1. The van der Waals surface area contributed by atoms with E-state index in [-0.39, 0.29) is 5.91 Å². The Kier molecular flexibility index (Phi) is 6.85. The lowest BCUT2D eigenvalue weighted by atomic mass is 10.1. The first-order valence-electron chi connectivity index (χ1n) is 8.86. The summed E-state index contributed by atoms with van der Waals surface area (Å²) in [6, 6.07) is 13.2. The number of aryl methyl sites for hydroxylation is 1. The van der Waals surface area contributed by atoms with Crippen LogP contribution in [0.25, 0.3) is 0 Å². The van der Waals surface area contributed by atoms with Crippen molar-refractivity contribution < 1.29 is 17.9 Å². The van der Waals surface area contributed by atoms with Crippen LogP contribution < -0.4 is 14.4 Å². The van der Waals surface area contributed by atoms with Crippen molar-refractivity contribution in [3.8, 4) is 5.75 Å². The van der Waals surface area contributed by atoms with Gasteiger partial charge in [0.1, 0.15) is 11.8 Å². The molecule has 0 aromatic heterocycles. The third-order valence-electron chi connectivity index (χ3n) is 4.05. The molecule has 1 atom stereocenters. The number of nitrogens with zero attached hydrogens (tertiary/aromatic N) is 1. The number of carbonyl (C=O) groups is 1. The third kappa shape index (κ3) is 5.47. The Labute approximate surface area is 161 Å². The summed E-state index contributed by atoms with van der Waals surface area (Å²) in [6.45, 7) is 6.16. The van der Waals surface area contributed by atoms with Crippen molar-refractivity contribution in [1.29, 1.82) is 0 Å². The average molecular weight is 391 g/mol. The van der Waals surface area contributed by atoms with Gasteiger partial charge in [0.15, 0.2) is 0 Å². The van der Waals surface area contributed by atoms with Gasteiger partial charge >= 0.3 is 0 Å². The van der Waals surface area contributed by atoms with Gasteiger partial charge in [0.2, 0.25) is 15.9 Å². The van der Waals surface area contributed by atoms with Gasteiger partial charge in [0.05, 0.1) is 18.6 Å². The fourth-order valence-electron chi connectivity index (χ4n) is 2.78. The fraction of sp³-hybridized carbons (Fsp3) is 0.350. The molecule has 0 radical (unpaired) electrons. The van der Waals surface area contributed by atoms with Crippen LogP contribution in [0.5, 0.6) is 5.75 Å². The van der Waals surface area contributed by atoms with Crippen molar-refractivity contribution >= 4 is 27.3 Å². The lowest BCUT2D eigenvalue weighted by molar-refractivity contribution is -0.117. The molecule has 146 valence electrons. The van der Waals surface area contributed by atoms with Crippen LogP contribution in [0.3, 0.4) is 0 Å². The lowest BCUT2D eigenvalue weighted by Crippen LogP contribution is -2.47. The van der Waals surface area contributed by atoms with E-state index >= 15 is 0 Å². The molecule has 2 aromatic carbocycles. The molecule has 2 aromatic rings. The quantitative estimate of drug-likeness (QED) is 0.748. The minimum absolute atomic E-state index is 0.337. The zero-order chi connectivity index (χ0) is 20.0. The van der Waals surface area contributed by atoms with E-state index in [1.54, 1.807) is 43.3 Å². The molecule has 1 unspecified atom stereocenters. The van der Waals surface area contributed by atoms with Crippen molar-refractivity contribution in [2.45, 2.75) is 33.2 Å². The molecule has 0 fully saturated rings. The number of sulfonamides is 1. The normalized spacial score (nSPS) is 12.3. The predicted octanol–water partition coefficient (Wildman–Crippen LogP) is 3.58. The topological polar surface area (TPSA) is 75.7 Å². The maximum atomic E-state index is 12.8. The highest BCUT2D eigenvalue weighted by atomic mass is 32.2. The van der Waals surface area contributed by atoms with E-state index in [0.717, 1.165) is 11.8 Å². The summed E-state index contributed by atoms with van der Waals surface area (Å²) < 4.78 is 31.4. The predicted molar refractivity (Wildman–Crippen MR) is 109 cm³/mol. The van der Waals surface area contributed by atoms with Crippen LogP contribution in [0.4, 0.5) is 11.4 Å². The van der Waals surface area contributed by atoms with E-state index in [9.17, 15) is 13.2 Å². The van der Waals surface area contributed by atoms with Crippen molar-refractivity contribution in [3.63, 3.8) is 0 Å². The Balaban J connectivity index is 2.27. The Hall–Kier alpha value is -2.54. The van der Waals surface area contributed by atoms with Gasteiger partial charge in [-0.2, -0.15) is 0 Å². The Morgan fingerprint density at radius 2 is 1.67 bits per heavy atom. The molecule has 7 heteroatoms. The van der Waals surface area contributed by atoms with Crippen LogP contribution in [0, 0.1) is 6.92 Å². The minimum atomic E-state index is -3.64. The number of carbonyl (C=O) groups excluding carboxylic acids is 1. The van der Waals surface area contributed by atoms with Gasteiger partial charge in [-0.3, -0.25) is 9.10 Å². The number of rotatable bonds is 8. The molecule has 0 aliphatic rings. The van der Waals surface area contributed by atoms with Crippen molar-refractivity contribution in [3.05, 3.63) is 54.1 Å². The number of hydrogen-bond donors (Lipinski definition) is 1. The number of ether oxygens (including phenoxy) is 1. The van der Waals surface area contributed by atoms with E-state index < -0.39 is 16.1 Å². The van der Waals surface area contributed by atoms with Gasteiger partial charge in [-0.15, -0.1) is 0 Å². The van der Waals surface area contributed by atoms with Crippen LogP contribution in [0.15, 0.2) is 48.5 Å². The van der Waals surface area contributed by atoms with Crippen molar-refractivity contribution in [2.75, 3.05) is 22.5 Å². The summed E-state index contributed by atoms with van der Waals surface area (Å²) in [5.41, 5.74) is 2.06. The van der Waals surface area contributed by atoms with Crippen LogP contribution in [-0.4, -0.2) is 33.2 Å². The molecule has 6 nitrogen and oxygen atoms in total. The summed E-state index contributed by atoms with van der Waals surface area (Å²) in [4.78, 5) is 12.8. The first-order chi connectivity index (χ1) is 12.8. The molecular weight excluding hydrogens is 364 g/mol. The van der Waals surface area contributed by atoms with Crippen molar-refractivity contribution in [2.24, 2.45) is 0 Å². The number of amides is 1. The van der Waals surface area contributed by atoms with Gasteiger partial charge in [-0.1, -0.05) is 24.6 Å². The second kappa shape index (κ2) is 8.90. The van der Waals surface area contributed by atoms with E-state index in [1.807, 2.05) is 26.0 Å². The van der Waals surface area contributed by atoms with Crippen LogP contribution in [0.1, 0.15) is 25.8 Å². The average Bonchev–Trinajstić information content (AvgIpc) is 2.61. The Bertz CT molecular complexity index is 862. The molecular formula is C20H26N2O4S.